The molecule has 4 unspecified atom stereocenters. The van der Waals surface area contributed by atoms with Gasteiger partial charge in [0.1, 0.15) is 24.8 Å². The minimum Gasteiger partial charge on any atom is -0.476 e. The van der Waals surface area contributed by atoms with Crippen LogP contribution in [-0.2, 0) is 95.8 Å². The van der Waals surface area contributed by atoms with Crippen LogP contribution >= 0.6 is 11.3 Å². The third-order valence-electron chi connectivity index (χ3n) is 20.9. The first-order valence-corrected chi connectivity index (χ1v) is 41.2. The van der Waals surface area contributed by atoms with E-state index in [2.05, 4.69) is 34.8 Å². The maximum atomic E-state index is 14.1. The molecular weight excluding hydrogens is 1510 g/mol. The van der Waals surface area contributed by atoms with Crippen LogP contribution < -0.4 is 26.6 Å². The number of anilines is 2. The van der Waals surface area contributed by atoms with Gasteiger partial charge in [-0.15, -0.1) is 0 Å². The van der Waals surface area contributed by atoms with Gasteiger partial charge in [-0.05, 0) is 134 Å². The number of benzene rings is 3. The summed E-state index contributed by atoms with van der Waals surface area (Å²) in [5.41, 5.74) is 10.2. The van der Waals surface area contributed by atoms with Gasteiger partial charge in [0.15, 0.2) is 16.6 Å². The van der Waals surface area contributed by atoms with Crippen LogP contribution in [0.15, 0.2) is 97.2 Å². The Morgan fingerprint density at radius 2 is 1.54 bits per heavy atom. The average Bonchev–Trinajstić information content (AvgIpc) is 1.11. The van der Waals surface area contributed by atoms with Crippen molar-refractivity contribution in [3.8, 4) is 11.1 Å². The number of urea groups is 1. The number of nitrogens with zero attached hydrogens (tertiary/aromatic N) is 8. The molecule has 35 heteroatoms. The van der Waals surface area contributed by atoms with Crippen LogP contribution in [0.2, 0.25) is 0 Å². The molecule has 2 fully saturated rings. The third kappa shape index (κ3) is 23.1. The van der Waals surface area contributed by atoms with Crippen molar-refractivity contribution in [2.75, 3.05) is 87.4 Å². The first kappa shape index (κ1) is 84.5. The highest BCUT2D eigenvalue weighted by atomic mass is 32.2. The predicted molar refractivity (Wildman–Crippen MR) is 413 cm³/mol. The second-order valence-corrected chi connectivity index (χ2v) is 34.2. The molecule has 2 aliphatic carbocycles. The summed E-state index contributed by atoms with van der Waals surface area (Å²) in [5.74, 6) is -7.31. The number of Topliss-reactive ketones (excluding diaryl/α,β-unsaturated/α-hetero) is 2. The molecule has 3 aromatic carbocycles. The molecular formula is C77H96N12O20S3. The molecule has 6 atom stereocenters. The minimum atomic E-state index is -4.54. The Labute approximate surface area is 653 Å². The molecule has 5 heterocycles. The highest BCUT2D eigenvalue weighted by Gasteiger charge is 2.52. The summed E-state index contributed by atoms with van der Waals surface area (Å²) in [5, 5.41) is 24.3. The molecule has 6 aromatic rings. The molecule has 2 saturated carbocycles. The number of amides is 8. The SMILES string of the molecule is Cc1c(-c2ccc(N3CCc4cccc(C(=O)Nc5nc6ccccc6s5)c4C3)nc2C(=O)O)cnn1CC1CC2(C)CC(C)CC(OCCN(CCS(=O)(=O)O)C(=O)OCc3ccc(CC(=O)[C@H](CCCNC(N)=O)NC(=O)[C@@H](CC(=O)CCN(CCOCCS(=O)(=O)O)C(=O)CN4C(=O)C=CC4=O)C(C)C)cc3)(C1)C2. The number of hydrogen-bond acceptors (Lipinski definition) is 22. The van der Waals surface area contributed by atoms with Gasteiger partial charge < -0.3 is 50.4 Å². The standard InChI is InChI=1S/C77H96N12O20S3/c1-48(2)58(37-55(90)24-27-85(28-31-107-33-35-112(104,105)106)68(94)45-88-66(92)21-22-67(88)93)71(96)81-61(13-9-25-79-73(78)99)63(91)36-51-15-17-52(18-16-51)46-108-75(100)86(30-34-111(101,102)103)29-32-109-77-39-49(3)38-76(5,47-77)40-53(41-77)43-89-50(4)59(42-80-89)56-19-20-65(83-69(56)72(97)98)87-26-23-54-10-8-11-57(60(54)44-87)70(95)84-74-82-62-12-6-7-14-64(62)110-74/h6-8,10-12,14-22,42,48-49,53,58,61H,9,13,23-41,43-47H2,1-5H3,(H,81,96)(H,97,98)(H3,78,79,99)(H,82,84,95)(H,101,102,103)(H,104,105,106)/t49?,53?,58-,61-,76?,77?/m0/s1. The lowest BCUT2D eigenvalue weighted by Crippen LogP contribution is -2.52. The maximum absolute atomic E-state index is 14.1. The number of nitrogens with one attached hydrogen (secondary N) is 3. The van der Waals surface area contributed by atoms with Crippen molar-refractivity contribution in [2.45, 2.75) is 137 Å². The topological polar surface area (TPSA) is 446 Å². The van der Waals surface area contributed by atoms with Crippen molar-refractivity contribution in [1.82, 2.24) is 45.1 Å². The number of para-hydroxylation sites is 1. The number of carboxylic acid groups (broad SMARTS) is 1. The van der Waals surface area contributed by atoms with Crippen LogP contribution in [0.5, 0.6) is 0 Å². The zero-order valence-electron chi connectivity index (χ0n) is 63.2. The highest BCUT2D eigenvalue weighted by molar-refractivity contribution is 7.86. The quantitative estimate of drug-likeness (QED) is 0.0114. The fourth-order valence-corrected chi connectivity index (χ4v) is 17.4. The number of carboxylic acids is 1. The summed E-state index contributed by atoms with van der Waals surface area (Å²) in [6.07, 6.45) is 6.71. The van der Waals surface area contributed by atoms with E-state index in [-0.39, 0.29) is 107 Å². The minimum absolute atomic E-state index is 0.00232. The summed E-state index contributed by atoms with van der Waals surface area (Å²) in [6, 6.07) is 21.4. The fourth-order valence-electron chi connectivity index (χ4n) is 15.8. The van der Waals surface area contributed by atoms with E-state index < -0.39 is 128 Å². The molecule has 0 saturated heterocycles. The van der Waals surface area contributed by atoms with Crippen molar-refractivity contribution in [2.24, 2.45) is 34.8 Å². The van der Waals surface area contributed by atoms with E-state index in [1.54, 1.807) is 62.5 Å². The Morgan fingerprint density at radius 1 is 0.812 bits per heavy atom. The van der Waals surface area contributed by atoms with Crippen molar-refractivity contribution in [1.29, 1.82) is 0 Å². The Balaban J connectivity index is 0.736. The van der Waals surface area contributed by atoms with Crippen molar-refractivity contribution in [3.05, 3.63) is 136 Å². The molecule has 602 valence electrons. The van der Waals surface area contributed by atoms with Gasteiger partial charge in [-0.25, -0.2) is 24.4 Å². The zero-order chi connectivity index (χ0) is 80.8. The van der Waals surface area contributed by atoms with Crippen LogP contribution in [0.3, 0.4) is 0 Å². The molecule has 3 aromatic heterocycles. The maximum Gasteiger partial charge on any atom is 0.410 e. The van der Waals surface area contributed by atoms with E-state index in [0.29, 0.717) is 82.6 Å². The number of nitrogens with two attached hydrogens (primary N) is 1. The number of fused-ring (bicyclic) bond motifs is 4. The van der Waals surface area contributed by atoms with E-state index in [4.69, 9.17) is 34.6 Å². The third-order valence-corrected chi connectivity index (χ3v) is 23.2. The summed E-state index contributed by atoms with van der Waals surface area (Å²) in [6.45, 7) is 8.64. The van der Waals surface area contributed by atoms with E-state index in [9.17, 15) is 74.4 Å². The predicted octanol–water partition coefficient (Wildman–Crippen LogP) is 7.22. The molecule has 8 amide bonds. The fraction of sp³-hybridized carbons (Fsp3) is 0.494. The number of imide groups is 1. The van der Waals surface area contributed by atoms with Crippen molar-refractivity contribution >= 4 is 112 Å². The number of thiazole rings is 1. The molecule has 0 spiro atoms. The van der Waals surface area contributed by atoms with E-state index in [0.717, 1.165) is 68.3 Å². The molecule has 32 nitrogen and oxygen atoms in total. The van der Waals surface area contributed by atoms with Gasteiger partial charge in [0, 0.05) is 112 Å². The van der Waals surface area contributed by atoms with Gasteiger partial charge in [-0.3, -0.25) is 57.6 Å². The van der Waals surface area contributed by atoms with E-state index >= 15 is 0 Å². The Morgan fingerprint density at radius 3 is 2.24 bits per heavy atom. The number of primary amides is 1. The molecule has 8 N–H and O–H groups in total. The normalized spacial score (nSPS) is 18.8. The van der Waals surface area contributed by atoms with Crippen LogP contribution in [0.1, 0.15) is 134 Å². The molecule has 4 aliphatic rings. The van der Waals surface area contributed by atoms with Crippen LogP contribution in [0, 0.1) is 36.0 Å². The lowest BCUT2D eigenvalue weighted by atomic mass is 9.55. The lowest BCUT2D eigenvalue weighted by molar-refractivity contribution is -0.159. The molecule has 112 heavy (non-hydrogen) atoms. The number of ketones is 2. The number of carbonyl (C=O) groups excluding carboxylic acids is 9. The summed E-state index contributed by atoms with van der Waals surface area (Å²) >= 11 is 1.39. The summed E-state index contributed by atoms with van der Waals surface area (Å²) in [7, 11) is -8.89. The summed E-state index contributed by atoms with van der Waals surface area (Å²) in [4.78, 5) is 146. The van der Waals surface area contributed by atoms with Crippen molar-refractivity contribution in [3.63, 3.8) is 0 Å². The molecule has 10 rings (SSSR count). The average molecular weight is 1610 g/mol. The van der Waals surface area contributed by atoms with Gasteiger partial charge >= 0.3 is 18.1 Å². The highest BCUT2D eigenvalue weighted by Crippen LogP contribution is 2.56. The first-order chi connectivity index (χ1) is 53.1. The van der Waals surface area contributed by atoms with Crippen molar-refractivity contribution < 1.29 is 93.2 Å². The van der Waals surface area contributed by atoms with Gasteiger partial charge in [0.05, 0.1) is 59.4 Å². The zero-order valence-corrected chi connectivity index (χ0v) is 65.6. The molecule has 2 aliphatic heterocycles. The number of aromatic carboxylic acids is 1. The first-order valence-electron chi connectivity index (χ1n) is 37.2. The number of aromatic nitrogens is 4. The summed E-state index contributed by atoms with van der Waals surface area (Å²) < 4.78 is 86.2. The second-order valence-electron chi connectivity index (χ2n) is 30.1. The van der Waals surface area contributed by atoms with Crippen LogP contribution in [0.25, 0.3) is 21.3 Å². The van der Waals surface area contributed by atoms with E-state index in [1.165, 1.54) is 11.3 Å². The van der Waals surface area contributed by atoms with Crippen LogP contribution in [-0.4, -0.2) is 213 Å². The second kappa shape index (κ2) is 37.2. The number of carbonyl (C=O) groups is 10. The molecule has 0 radical (unpaired) electrons. The Kier molecular flexibility index (Phi) is 28.0. The van der Waals surface area contributed by atoms with Gasteiger partial charge in [0.25, 0.3) is 38.0 Å². The largest absolute Gasteiger partial charge is 0.476 e. The Bertz CT molecular complexity index is 4730. The Hall–Kier alpha value is -9.91. The molecule has 2 bridgehead atoms. The monoisotopic (exact) mass is 1600 g/mol. The number of rotatable bonds is 39. The number of pyridine rings is 1. The van der Waals surface area contributed by atoms with Gasteiger partial charge in [-0.1, -0.05) is 87.6 Å². The van der Waals surface area contributed by atoms with Gasteiger partial charge in [-0.2, -0.15) is 21.9 Å². The van der Waals surface area contributed by atoms with Crippen LogP contribution in [0.4, 0.5) is 20.5 Å². The van der Waals surface area contributed by atoms with Gasteiger partial charge in [0.2, 0.25) is 11.8 Å². The smallest absolute Gasteiger partial charge is 0.410 e. The van der Waals surface area contributed by atoms with E-state index in [1.807, 2.05) is 52.9 Å². The lowest BCUT2D eigenvalue weighted by Gasteiger charge is -2.55. The number of ether oxygens (including phenoxy) is 3. The number of hydrogen-bond donors (Lipinski definition) is 7.